The van der Waals surface area contributed by atoms with Crippen LogP contribution in [0.3, 0.4) is 0 Å². The molecular formula is C13H14N2O. The summed E-state index contributed by atoms with van der Waals surface area (Å²) in [6.07, 6.45) is 3.03. The van der Waals surface area contributed by atoms with Gasteiger partial charge in [0.1, 0.15) is 0 Å². The molecule has 3 heteroatoms. The van der Waals surface area contributed by atoms with Crippen LogP contribution < -0.4 is 5.56 Å². The molecule has 1 N–H and O–H groups in total. The Labute approximate surface area is 93.7 Å². The second kappa shape index (κ2) is 3.37. The molecule has 0 fully saturated rings. The zero-order valence-corrected chi connectivity index (χ0v) is 9.29. The second-order valence-electron chi connectivity index (χ2n) is 4.35. The van der Waals surface area contributed by atoms with Crippen molar-refractivity contribution in [2.75, 3.05) is 0 Å². The number of benzene rings is 1. The molecule has 0 bridgehead atoms. The van der Waals surface area contributed by atoms with Crippen molar-refractivity contribution in [3.05, 3.63) is 51.4 Å². The maximum atomic E-state index is 12.1. The van der Waals surface area contributed by atoms with E-state index in [1.165, 1.54) is 0 Å². The van der Waals surface area contributed by atoms with Crippen LogP contribution in [0.25, 0.3) is 5.69 Å². The minimum absolute atomic E-state index is 0.127. The van der Waals surface area contributed by atoms with Crippen molar-refractivity contribution in [2.45, 2.75) is 26.2 Å². The van der Waals surface area contributed by atoms with Gasteiger partial charge in [0.2, 0.25) is 0 Å². The summed E-state index contributed by atoms with van der Waals surface area (Å²) < 4.78 is 1.68. The van der Waals surface area contributed by atoms with Gasteiger partial charge in [-0.25, -0.2) is 4.68 Å². The van der Waals surface area contributed by atoms with Crippen molar-refractivity contribution in [1.29, 1.82) is 0 Å². The summed E-state index contributed by atoms with van der Waals surface area (Å²) in [6, 6.07) is 7.94. The van der Waals surface area contributed by atoms with E-state index in [1.807, 2.05) is 31.2 Å². The first kappa shape index (κ1) is 9.46. The molecule has 1 aliphatic rings. The molecule has 0 radical (unpaired) electrons. The van der Waals surface area contributed by atoms with Gasteiger partial charge in [0.05, 0.1) is 5.69 Å². The Bertz CT molecular complexity index is 592. The number of nitrogens with zero attached hydrogens (tertiary/aromatic N) is 1. The average molecular weight is 214 g/mol. The van der Waals surface area contributed by atoms with Gasteiger partial charge in [0.25, 0.3) is 5.56 Å². The number of para-hydroxylation sites is 1. The summed E-state index contributed by atoms with van der Waals surface area (Å²) in [6.45, 7) is 2.02. The SMILES string of the molecule is Cc1ccccc1-n1[nH]c2c(c1=O)CCC2. The molecule has 1 aromatic heterocycles. The van der Waals surface area contributed by atoms with Gasteiger partial charge < -0.3 is 0 Å². The van der Waals surface area contributed by atoms with Gasteiger partial charge in [0, 0.05) is 11.3 Å². The second-order valence-corrected chi connectivity index (χ2v) is 4.35. The van der Waals surface area contributed by atoms with Crippen molar-refractivity contribution in [1.82, 2.24) is 9.78 Å². The van der Waals surface area contributed by atoms with Gasteiger partial charge in [-0.2, -0.15) is 0 Å². The van der Waals surface area contributed by atoms with Gasteiger partial charge in [-0.1, -0.05) is 18.2 Å². The zero-order valence-electron chi connectivity index (χ0n) is 9.29. The lowest BCUT2D eigenvalue weighted by Crippen LogP contribution is -2.18. The molecule has 82 valence electrons. The van der Waals surface area contributed by atoms with Crippen molar-refractivity contribution in [3.63, 3.8) is 0 Å². The number of aromatic nitrogens is 2. The van der Waals surface area contributed by atoms with E-state index in [0.29, 0.717) is 0 Å². The van der Waals surface area contributed by atoms with Crippen LogP contribution in [0.1, 0.15) is 23.2 Å². The highest BCUT2D eigenvalue weighted by molar-refractivity contribution is 5.40. The van der Waals surface area contributed by atoms with Gasteiger partial charge in [-0.05, 0) is 37.8 Å². The fourth-order valence-corrected chi connectivity index (χ4v) is 2.41. The first-order valence-corrected chi connectivity index (χ1v) is 5.66. The van der Waals surface area contributed by atoms with Crippen LogP contribution in [0.2, 0.25) is 0 Å². The van der Waals surface area contributed by atoms with E-state index in [9.17, 15) is 4.79 Å². The number of H-pyrrole nitrogens is 1. The minimum atomic E-state index is 0.127. The van der Waals surface area contributed by atoms with Crippen LogP contribution in [0.5, 0.6) is 0 Å². The first-order chi connectivity index (χ1) is 7.77. The third-order valence-electron chi connectivity index (χ3n) is 3.28. The summed E-state index contributed by atoms with van der Waals surface area (Å²) in [5, 5.41) is 3.22. The van der Waals surface area contributed by atoms with Crippen LogP contribution in [0, 0.1) is 6.92 Å². The molecule has 3 rings (SSSR count). The Balaban J connectivity index is 2.22. The molecule has 0 spiro atoms. The fourth-order valence-electron chi connectivity index (χ4n) is 2.41. The third kappa shape index (κ3) is 1.24. The summed E-state index contributed by atoms with van der Waals surface area (Å²) in [5.41, 5.74) is 4.30. The minimum Gasteiger partial charge on any atom is -0.295 e. The molecule has 2 aromatic rings. The largest absolute Gasteiger partial charge is 0.295 e. The standard InChI is InChI=1S/C13H14N2O/c1-9-5-2-3-8-12(9)15-13(16)10-6-4-7-11(10)14-15/h2-3,5,8,14H,4,6-7H2,1H3. The van der Waals surface area contributed by atoms with Crippen LogP contribution in [0.15, 0.2) is 29.1 Å². The van der Waals surface area contributed by atoms with Crippen LogP contribution >= 0.6 is 0 Å². The summed E-state index contributed by atoms with van der Waals surface area (Å²) in [7, 11) is 0. The number of rotatable bonds is 1. The lowest BCUT2D eigenvalue weighted by atomic mass is 10.2. The quantitative estimate of drug-likeness (QED) is 0.774. The molecule has 3 nitrogen and oxygen atoms in total. The Morgan fingerprint density at radius 2 is 2.06 bits per heavy atom. The van der Waals surface area contributed by atoms with Crippen LogP contribution in [0.4, 0.5) is 0 Å². The van der Waals surface area contributed by atoms with Gasteiger partial charge in [-0.3, -0.25) is 9.89 Å². The average Bonchev–Trinajstić information content (AvgIpc) is 2.83. The Morgan fingerprint density at radius 1 is 1.25 bits per heavy atom. The number of hydrogen-bond acceptors (Lipinski definition) is 1. The molecule has 0 saturated carbocycles. The van der Waals surface area contributed by atoms with E-state index in [-0.39, 0.29) is 5.56 Å². The van der Waals surface area contributed by atoms with Crippen molar-refractivity contribution in [3.8, 4) is 5.69 Å². The van der Waals surface area contributed by atoms with E-state index < -0.39 is 0 Å². The smallest absolute Gasteiger partial charge is 0.274 e. The fraction of sp³-hybridized carbons (Fsp3) is 0.308. The van der Waals surface area contributed by atoms with Crippen molar-refractivity contribution in [2.24, 2.45) is 0 Å². The lowest BCUT2D eigenvalue weighted by Gasteiger charge is -2.05. The van der Waals surface area contributed by atoms with Crippen LogP contribution in [-0.2, 0) is 12.8 Å². The summed E-state index contributed by atoms with van der Waals surface area (Å²) in [4.78, 5) is 12.1. The van der Waals surface area contributed by atoms with Crippen molar-refractivity contribution >= 4 is 0 Å². The molecule has 0 unspecified atom stereocenters. The number of aryl methyl sites for hydroxylation is 2. The summed E-state index contributed by atoms with van der Waals surface area (Å²) >= 11 is 0. The Kier molecular flexibility index (Phi) is 1.99. The van der Waals surface area contributed by atoms with E-state index >= 15 is 0 Å². The molecule has 0 atom stereocenters. The number of nitrogens with one attached hydrogen (secondary N) is 1. The number of hydrogen-bond donors (Lipinski definition) is 1. The van der Waals surface area contributed by atoms with Crippen LogP contribution in [-0.4, -0.2) is 9.78 Å². The monoisotopic (exact) mass is 214 g/mol. The number of fused-ring (bicyclic) bond motifs is 1. The molecule has 0 amide bonds. The Morgan fingerprint density at radius 3 is 2.81 bits per heavy atom. The maximum Gasteiger partial charge on any atom is 0.274 e. The van der Waals surface area contributed by atoms with Gasteiger partial charge in [0.15, 0.2) is 0 Å². The van der Waals surface area contributed by atoms with Crippen molar-refractivity contribution < 1.29 is 0 Å². The topological polar surface area (TPSA) is 37.8 Å². The molecule has 1 aromatic carbocycles. The lowest BCUT2D eigenvalue weighted by molar-refractivity contribution is 0.776. The highest BCUT2D eigenvalue weighted by Crippen LogP contribution is 2.18. The predicted molar refractivity (Wildman–Crippen MR) is 63.2 cm³/mol. The molecule has 16 heavy (non-hydrogen) atoms. The predicted octanol–water partition coefficient (Wildman–Crippen LogP) is 1.96. The molecular weight excluding hydrogens is 200 g/mol. The maximum absolute atomic E-state index is 12.1. The van der Waals surface area contributed by atoms with E-state index in [1.54, 1.807) is 4.68 Å². The van der Waals surface area contributed by atoms with E-state index in [0.717, 1.165) is 41.8 Å². The number of aromatic amines is 1. The van der Waals surface area contributed by atoms with Gasteiger partial charge >= 0.3 is 0 Å². The molecule has 0 saturated heterocycles. The molecule has 0 aliphatic heterocycles. The highest BCUT2D eigenvalue weighted by Gasteiger charge is 2.19. The van der Waals surface area contributed by atoms with E-state index in [4.69, 9.17) is 0 Å². The summed E-state index contributed by atoms with van der Waals surface area (Å²) in [5.74, 6) is 0. The molecule has 1 aliphatic carbocycles. The van der Waals surface area contributed by atoms with Gasteiger partial charge in [-0.15, -0.1) is 0 Å². The third-order valence-corrected chi connectivity index (χ3v) is 3.28. The Hall–Kier alpha value is -1.77. The highest BCUT2D eigenvalue weighted by atomic mass is 16.1. The van der Waals surface area contributed by atoms with E-state index in [2.05, 4.69) is 5.10 Å². The first-order valence-electron chi connectivity index (χ1n) is 5.66. The molecule has 1 heterocycles. The normalized spacial score (nSPS) is 14.1. The zero-order chi connectivity index (χ0) is 11.1.